The molecule has 1 heterocycles. The topological polar surface area (TPSA) is 370 Å². The van der Waals surface area contributed by atoms with Gasteiger partial charge in [0.25, 0.3) is 0 Å². The lowest BCUT2D eigenvalue weighted by atomic mass is 9.94. The number of nitrogens with zero attached hydrogens (tertiary/aromatic N) is 5. The zero-order valence-corrected chi connectivity index (χ0v) is 63.9. The lowest BCUT2D eigenvalue weighted by molar-refractivity contribution is -0.164. The Balaban J connectivity index is 4.19. The largest absolute Gasteiger partial charge is 0.458 e. The van der Waals surface area contributed by atoms with Crippen LogP contribution in [0.1, 0.15) is 182 Å². The van der Waals surface area contributed by atoms with Gasteiger partial charge in [0.15, 0.2) is 0 Å². The van der Waals surface area contributed by atoms with Crippen LogP contribution in [0.3, 0.4) is 0 Å². The number of hydrogen-bond donors (Lipinski definition) is 8. The van der Waals surface area contributed by atoms with Crippen molar-refractivity contribution in [2.24, 2.45) is 47.3 Å². The van der Waals surface area contributed by atoms with Gasteiger partial charge in [-0.15, -0.1) is 0 Å². The second-order valence-corrected chi connectivity index (χ2v) is 28.9. The lowest BCUT2D eigenvalue weighted by Gasteiger charge is -2.37. The molecule has 0 bridgehead atoms. The van der Waals surface area contributed by atoms with Crippen LogP contribution in [0.2, 0.25) is 0 Å². The summed E-state index contributed by atoms with van der Waals surface area (Å²) in [5.41, 5.74) is 0. The van der Waals surface area contributed by atoms with Gasteiger partial charge < -0.3 is 71.2 Å². The van der Waals surface area contributed by atoms with Crippen LogP contribution in [0, 0.1) is 47.3 Å². The van der Waals surface area contributed by atoms with Crippen molar-refractivity contribution < 1.29 is 76.6 Å². The number of hydrogen-bond acceptors (Lipinski definition) is 17. The highest BCUT2D eigenvalue weighted by molar-refractivity contribution is 6.01. The summed E-state index contributed by atoms with van der Waals surface area (Å²) in [5, 5.41) is 21.9. The molecule has 29 nitrogen and oxygen atoms in total. The molecular formula is C70H125N13O16. The predicted molar refractivity (Wildman–Crippen MR) is 375 cm³/mol. The highest BCUT2D eigenvalue weighted by Crippen LogP contribution is 2.23. The van der Waals surface area contributed by atoms with Crippen molar-refractivity contribution in [1.29, 1.82) is 0 Å². The molecular weight excluding hydrogens is 1280 g/mol. The number of cyclic esters (lactones) is 1. The van der Waals surface area contributed by atoms with Gasteiger partial charge in [0.1, 0.15) is 67.1 Å². The summed E-state index contributed by atoms with van der Waals surface area (Å²) in [4.78, 5) is 205. The second kappa shape index (κ2) is 43.4. The minimum absolute atomic E-state index is 0.0446. The minimum Gasteiger partial charge on any atom is -0.458 e. The van der Waals surface area contributed by atoms with Gasteiger partial charge in [0, 0.05) is 81.2 Å². The van der Waals surface area contributed by atoms with Crippen molar-refractivity contribution in [2.45, 2.75) is 249 Å². The number of likely N-dealkylation sites (N-methyl/N-ethyl adjacent to an activating group) is 5. The van der Waals surface area contributed by atoms with Gasteiger partial charge in [0.2, 0.25) is 76.8 Å². The molecule has 0 saturated carbocycles. The highest BCUT2D eigenvalue weighted by Gasteiger charge is 2.43. The van der Waals surface area contributed by atoms with Crippen molar-refractivity contribution in [1.82, 2.24) is 67.0 Å². The van der Waals surface area contributed by atoms with E-state index in [9.17, 15) is 67.1 Å². The number of methoxy groups -OCH3 is 1. The molecule has 8 N–H and O–H groups in total. The SMILES string of the molecule is CCC(C)[C@H]1C(=O)NCCC(=O)N[C@H](C(C)CC)C(=O)N(C)[C@@H](C(C)C)C(=O)N(C)[C@@H](C)C(=O)NC(=O)CCN[C@H](CC(C)C)C(=O)N(C)[C@H](C(C)CC)C(=O)O[C@H](C)[C@H](NC(=O)[C@@H](CC(C)C)NC(=O)[C@@H](NC(=O)COC)C(C)C)C(=O)N(C)CCC(=O)N[C@H](CC(C)C)C(=O)N1C. The molecule has 1 fully saturated rings. The Morgan fingerprint density at radius 3 is 1.60 bits per heavy atom. The van der Waals surface area contributed by atoms with Crippen LogP contribution in [0.4, 0.5) is 0 Å². The second-order valence-electron chi connectivity index (χ2n) is 28.9. The molecule has 0 radical (unpaired) electrons. The Bertz CT molecular complexity index is 2730. The molecule has 29 heteroatoms. The molecule has 0 aromatic rings. The van der Waals surface area contributed by atoms with Crippen LogP contribution < -0.4 is 42.5 Å². The van der Waals surface area contributed by atoms with E-state index in [4.69, 9.17) is 9.47 Å². The van der Waals surface area contributed by atoms with Gasteiger partial charge >= 0.3 is 5.97 Å². The molecule has 1 rings (SSSR count). The fourth-order valence-electron chi connectivity index (χ4n) is 11.7. The first-order chi connectivity index (χ1) is 46.0. The monoisotopic (exact) mass is 1400 g/mol. The first kappa shape index (κ1) is 89.7. The molecule has 566 valence electrons. The van der Waals surface area contributed by atoms with Crippen molar-refractivity contribution >= 4 is 82.8 Å². The van der Waals surface area contributed by atoms with Gasteiger partial charge in [-0.2, -0.15) is 0 Å². The van der Waals surface area contributed by atoms with Crippen molar-refractivity contribution in [3.05, 3.63) is 0 Å². The molecule has 1 aliphatic heterocycles. The van der Waals surface area contributed by atoms with E-state index in [-0.39, 0.29) is 82.5 Å². The number of carbonyl (C=O) groups is 14. The van der Waals surface area contributed by atoms with Crippen LogP contribution >= 0.6 is 0 Å². The smallest absolute Gasteiger partial charge is 0.329 e. The molecule has 0 aromatic carbocycles. The van der Waals surface area contributed by atoms with Crippen LogP contribution in [0.5, 0.6) is 0 Å². The van der Waals surface area contributed by atoms with Crippen LogP contribution in [-0.2, 0) is 76.6 Å². The van der Waals surface area contributed by atoms with Crippen molar-refractivity contribution in [3.8, 4) is 0 Å². The Labute approximate surface area is 589 Å². The average Bonchev–Trinajstić information content (AvgIpc) is 0.828. The standard InChI is InChI=1S/C70H125N13O16/c1-25-43(14)56-68(95)81(21)58(42(12)13)69(96)80(20)46(17)61(88)77-52(85)28-31-71-49(35-39(6)7)65(92)83(23)60(45(16)27-3)70(97)99-47(18)57(78-62(89)48(34-38(4)5)74-63(90)55(41(10)11)76-54(87)37-98-24)67(94)79(19)33-30-53(86)73-50(36-40(8)9)66(93)82(22)59(44(15)26-2)64(91)72-32-29-51(84)75-56/h38-50,55-60,71H,25-37H2,1-24H3,(H,72,91)(H,73,86)(H,74,90)(H,75,84)(H,76,87)(H,78,89)(H,77,85,88)/t43?,44?,45?,46-,47+,48+,49+,50+,55-,56+,57-,58-,59-,60+/m0/s1. The van der Waals surface area contributed by atoms with E-state index in [1.54, 1.807) is 69.2 Å². The molecule has 0 aliphatic carbocycles. The van der Waals surface area contributed by atoms with E-state index in [1.807, 2.05) is 41.5 Å². The molecule has 99 heavy (non-hydrogen) atoms. The summed E-state index contributed by atoms with van der Waals surface area (Å²) in [6.07, 6.45) is -0.826. The minimum atomic E-state index is -1.70. The van der Waals surface area contributed by atoms with E-state index < -0.39 is 179 Å². The number of esters is 1. The van der Waals surface area contributed by atoms with Gasteiger partial charge in [-0.1, -0.05) is 130 Å². The first-order valence-electron chi connectivity index (χ1n) is 35.4. The maximum absolute atomic E-state index is 15.0. The van der Waals surface area contributed by atoms with Crippen LogP contribution in [0.15, 0.2) is 0 Å². The maximum Gasteiger partial charge on any atom is 0.329 e. The third kappa shape index (κ3) is 28.3. The Hall–Kier alpha value is -7.30. The predicted octanol–water partition coefficient (Wildman–Crippen LogP) is 2.26. The first-order valence-corrected chi connectivity index (χ1v) is 35.4. The van der Waals surface area contributed by atoms with Gasteiger partial charge in [-0.25, -0.2) is 4.79 Å². The van der Waals surface area contributed by atoms with Crippen molar-refractivity contribution in [3.63, 3.8) is 0 Å². The van der Waals surface area contributed by atoms with E-state index in [0.717, 1.165) is 9.80 Å². The maximum atomic E-state index is 15.0. The Morgan fingerprint density at radius 2 is 1.07 bits per heavy atom. The highest BCUT2D eigenvalue weighted by atomic mass is 16.5. The van der Waals surface area contributed by atoms with E-state index in [1.165, 1.54) is 70.9 Å². The van der Waals surface area contributed by atoms with Crippen molar-refractivity contribution in [2.75, 3.05) is 68.6 Å². The lowest BCUT2D eigenvalue weighted by Crippen LogP contribution is -2.61. The van der Waals surface area contributed by atoms with Crippen LogP contribution in [0.25, 0.3) is 0 Å². The number of carbonyl (C=O) groups excluding carboxylic acids is 14. The molecule has 0 aromatic heterocycles. The fraction of sp³-hybridized carbons (Fsp3) is 0.800. The number of ether oxygens (including phenoxy) is 2. The number of rotatable bonds is 21. The summed E-state index contributed by atoms with van der Waals surface area (Å²) in [6.45, 7) is 30.5. The molecule has 1 saturated heterocycles. The van der Waals surface area contributed by atoms with E-state index in [0.29, 0.717) is 19.3 Å². The fourth-order valence-corrected chi connectivity index (χ4v) is 11.7. The molecule has 1 aliphatic rings. The third-order valence-corrected chi connectivity index (χ3v) is 18.4. The zero-order chi connectivity index (χ0) is 76.2. The summed E-state index contributed by atoms with van der Waals surface area (Å²) >= 11 is 0. The molecule has 14 atom stereocenters. The summed E-state index contributed by atoms with van der Waals surface area (Å²) < 4.78 is 11.1. The summed E-state index contributed by atoms with van der Waals surface area (Å²) in [7, 11) is 8.36. The van der Waals surface area contributed by atoms with E-state index >= 15 is 0 Å². The average molecular weight is 1400 g/mol. The quantitative estimate of drug-likeness (QED) is 0.0603. The number of nitrogens with one attached hydrogen (secondary N) is 8. The zero-order valence-electron chi connectivity index (χ0n) is 63.9. The van der Waals surface area contributed by atoms with Gasteiger partial charge in [-0.05, 0) is 80.5 Å². The van der Waals surface area contributed by atoms with Gasteiger partial charge in [-0.3, -0.25) is 67.6 Å². The Kier molecular flexibility index (Phi) is 39.3. The van der Waals surface area contributed by atoms with Gasteiger partial charge in [0.05, 0.1) is 6.04 Å². The third-order valence-electron chi connectivity index (χ3n) is 18.4. The molecule has 0 spiro atoms. The molecule has 3 unspecified atom stereocenters. The van der Waals surface area contributed by atoms with Crippen LogP contribution in [-0.4, -0.2) is 242 Å². The molecule has 13 amide bonds. The Morgan fingerprint density at radius 1 is 0.556 bits per heavy atom. The number of amides is 13. The number of imide groups is 1. The van der Waals surface area contributed by atoms with E-state index in [2.05, 4.69) is 42.5 Å². The normalized spacial score (nSPS) is 25.0. The summed E-state index contributed by atoms with van der Waals surface area (Å²) in [5.74, 6) is -12.5. The summed E-state index contributed by atoms with van der Waals surface area (Å²) in [6, 6.07) is -12.1.